The Kier molecular flexibility index (Phi) is 4.09. The summed E-state index contributed by atoms with van der Waals surface area (Å²) in [7, 11) is 0. The van der Waals surface area contributed by atoms with Crippen LogP contribution in [0.15, 0.2) is 12.4 Å². The summed E-state index contributed by atoms with van der Waals surface area (Å²) in [6.45, 7) is 1.60. The van der Waals surface area contributed by atoms with Crippen LogP contribution in [-0.4, -0.2) is 45.6 Å². The van der Waals surface area contributed by atoms with Gasteiger partial charge in [-0.3, -0.25) is 4.79 Å². The highest BCUT2D eigenvalue weighted by molar-refractivity contribution is 5.92. The second kappa shape index (κ2) is 5.77. The van der Waals surface area contributed by atoms with Crippen LogP contribution in [-0.2, 0) is 0 Å². The van der Waals surface area contributed by atoms with Gasteiger partial charge in [0.2, 0.25) is 0 Å². The van der Waals surface area contributed by atoms with Gasteiger partial charge in [-0.15, -0.1) is 0 Å². The number of rotatable bonds is 3. The highest BCUT2D eigenvalue weighted by Gasteiger charge is 2.24. The van der Waals surface area contributed by atoms with Crippen molar-refractivity contribution in [3.8, 4) is 0 Å². The summed E-state index contributed by atoms with van der Waals surface area (Å²) in [5.41, 5.74) is 5.77. The largest absolute Gasteiger partial charge is 0.396 e. The van der Waals surface area contributed by atoms with Gasteiger partial charge in [-0.25, -0.2) is 9.97 Å². The van der Waals surface area contributed by atoms with Gasteiger partial charge in [0, 0.05) is 19.7 Å². The van der Waals surface area contributed by atoms with Crippen LogP contribution in [0.2, 0.25) is 0 Å². The smallest absolute Gasteiger partial charge is 0.274 e. The van der Waals surface area contributed by atoms with Gasteiger partial charge >= 0.3 is 0 Å². The third kappa shape index (κ3) is 2.95. The fraction of sp³-hybridized carbons (Fsp3) is 0.583. The minimum atomic E-state index is -0.106. The molecule has 1 aliphatic rings. The topological polar surface area (TPSA) is 92.3 Å². The summed E-state index contributed by atoms with van der Waals surface area (Å²) in [6.07, 6.45) is 5.59. The molecule has 0 aliphatic carbocycles. The molecule has 0 saturated carbocycles. The van der Waals surface area contributed by atoms with Crippen LogP contribution < -0.4 is 5.73 Å². The molecule has 1 fully saturated rings. The number of aromatic nitrogens is 2. The first-order valence-corrected chi connectivity index (χ1v) is 6.18. The number of piperidine rings is 1. The molecule has 1 aromatic heterocycles. The number of anilines is 1. The number of carbonyl (C=O) groups excluding carboxylic acids is 1. The lowest BCUT2D eigenvalue weighted by molar-refractivity contribution is 0.0647. The molecule has 1 aliphatic heterocycles. The van der Waals surface area contributed by atoms with Crippen molar-refractivity contribution in [1.82, 2.24) is 14.9 Å². The van der Waals surface area contributed by atoms with E-state index in [0.29, 0.717) is 24.0 Å². The fourth-order valence-corrected chi connectivity index (χ4v) is 2.28. The number of carbonyl (C=O) groups is 1. The molecule has 0 radical (unpaired) electrons. The van der Waals surface area contributed by atoms with E-state index in [1.54, 1.807) is 4.90 Å². The Morgan fingerprint density at radius 3 is 3.00 bits per heavy atom. The van der Waals surface area contributed by atoms with Crippen LogP contribution in [0.5, 0.6) is 0 Å². The summed E-state index contributed by atoms with van der Waals surface area (Å²) in [6, 6.07) is 0. The van der Waals surface area contributed by atoms with Gasteiger partial charge in [-0.2, -0.15) is 0 Å². The summed E-state index contributed by atoms with van der Waals surface area (Å²) in [4.78, 5) is 21.8. The van der Waals surface area contributed by atoms with E-state index in [1.807, 2.05) is 0 Å². The average Bonchev–Trinajstić information content (AvgIpc) is 2.39. The molecular formula is C12H18N4O2. The van der Waals surface area contributed by atoms with Gasteiger partial charge in [-0.05, 0) is 25.2 Å². The van der Waals surface area contributed by atoms with Crippen molar-refractivity contribution in [2.24, 2.45) is 5.92 Å². The Hall–Kier alpha value is -1.69. The third-order valence-corrected chi connectivity index (χ3v) is 3.23. The normalized spacial score (nSPS) is 19.8. The lowest BCUT2D eigenvalue weighted by Crippen LogP contribution is -2.40. The van der Waals surface area contributed by atoms with Crippen LogP contribution in [0.4, 0.5) is 5.82 Å². The van der Waals surface area contributed by atoms with Crippen molar-refractivity contribution in [2.45, 2.75) is 19.3 Å². The molecule has 1 saturated heterocycles. The molecule has 2 heterocycles. The van der Waals surface area contributed by atoms with Gasteiger partial charge in [0.1, 0.15) is 11.5 Å². The maximum atomic E-state index is 12.2. The predicted molar refractivity (Wildman–Crippen MR) is 66.8 cm³/mol. The Morgan fingerprint density at radius 2 is 2.33 bits per heavy atom. The minimum absolute atomic E-state index is 0.106. The molecule has 1 amide bonds. The molecule has 6 nitrogen and oxygen atoms in total. The van der Waals surface area contributed by atoms with E-state index in [-0.39, 0.29) is 12.5 Å². The zero-order valence-electron chi connectivity index (χ0n) is 10.2. The van der Waals surface area contributed by atoms with Crippen LogP contribution in [0, 0.1) is 5.92 Å². The molecule has 2 rings (SSSR count). The monoisotopic (exact) mass is 250 g/mol. The minimum Gasteiger partial charge on any atom is -0.396 e. The second-order valence-electron chi connectivity index (χ2n) is 4.60. The zero-order valence-corrected chi connectivity index (χ0v) is 10.2. The quantitative estimate of drug-likeness (QED) is 0.804. The van der Waals surface area contributed by atoms with Crippen molar-refractivity contribution < 1.29 is 9.90 Å². The van der Waals surface area contributed by atoms with Gasteiger partial charge in [0.15, 0.2) is 0 Å². The first-order chi connectivity index (χ1) is 8.70. The number of nitrogens with zero attached hydrogens (tertiary/aromatic N) is 3. The third-order valence-electron chi connectivity index (χ3n) is 3.23. The van der Waals surface area contributed by atoms with Gasteiger partial charge < -0.3 is 15.7 Å². The number of nitrogen functional groups attached to an aromatic ring is 1. The maximum absolute atomic E-state index is 12.2. The van der Waals surface area contributed by atoms with Gasteiger partial charge in [0.05, 0.1) is 12.4 Å². The van der Waals surface area contributed by atoms with Crippen LogP contribution in [0.25, 0.3) is 0 Å². The van der Waals surface area contributed by atoms with Crippen molar-refractivity contribution in [3.63, 3.8) is 0 Å². The molecule has 0 bridgehead atoms. The number of hydrogen-bond acceptors (Lipinski definition) is 5. The molecule has 3 N–H and O–H groups in total. The summed E-state index contributed by atoms with van der Waals surface area (Å²) in [5.74, 6) is 0.586. The molecule has 1 atom stereocenters. The van der Waals surface area contributed by atoms with E-state index in [2.05, 4.69) is 9.97 Å². The Labute approximate surface area is 106 Å². The average molecular weight is 250 g/mol. The lowest BCUT2D eigenvalue weighted by Gasteiger charge is -2.32. The van der Waals surface area contributed by atoms with E-state index in [9.17, 15) is 4.79 Å². The first-order valence-electron chi connectivity index (χ1n) is 6.18. The molecular weight excluding hydrogens is 232 g/mol. The van der Waals surface area contributed by atoms with Gasteiger partial charge in [-0.1, -0.05) is 0 Å². The van der Waals surface area contributed by atoms with Crippen LogP contribution >= 0.6 is 0 Å². The molecule has 1 unspecified atom stereocenters. The number of aliphatic hydroxyl groups is 1. The van der Waals surface area contributed by atoms with Crippen molar-refractivity contribution in [3.05, 3.63) is 18.1 Å². The first kappa shape index (κ1) is 12.8. The van der Waals surface area contributed by atoms with E-state index < -0.39 is 0 Å². The lowest BCUT2D eigenvalue weighted by atomic mass is 9.95. The Morgan fingerprint density at radius 1 is 1.50 bits per heavy atom. The molecule has 0 aromatic carbocycles. The highest BCUT2D eigenvalue weighted by Crippen LogP contribution is 2.20. The van der Waals surface area contributed by atoms with E-state index in [4.69, 9.17) is 10.8 Å². The zero-order chi connectivity index (χ0) is 13.0. The standard InChI is InChI=1S/C12H18N4O2/c13-11-7-14-10(6-15-11)12(18)16-4-1-2-9(8-16)3-5-17/h6-7,9,17H,1-5,8H2,(H2,13,15). The number of amides is 1. The van der Waals surface area contributed by atoms with Gasteiger partial charge in [0.25, 0.3) is 5.91 Å². The number of nitrogens with two attached hydrogens (primary N) is 1. The summed E-state index contributed by atoms with van der Waals surface area (Å²) >= 11 is 0. The number of likely N-dealkylation sites (tertiary alicyclic amines) is 1. The molecule has 6 heteroatoms. The van der Waals surface area contributed by atoms with Crippen LogP contribution in [0.3, 0.4) is 0 Å². The summed E-state index contributed by atoms with van der Waals surface area (Å²) in [5, 5.41) is 8.95. The van der Waals surface area contributed by atoms with Crippen LogP contribution in [0.1, 0.15) is 29.8 Å². The van der Waals surface area contributed by atoms with Crippen molar-refractivity contribution in [2.75, 3.05) is 25.4 Å². The molecule has 98 valence electrons. The van der Waals surface area contributed by atoms with Crippen molar-refractivity contribution >= 4 is 11.7 Å². The number of aliphatic hydroxyl groups excluding tert-OH is 1. The molecule has 0 spiro atoms. The molecule has 1 aromatic rings. The predicted octanol–water partition coefficient (Wildman–Crippen LogP) is 0.293. The molecule has 18 heavy (non-hydrogen) atoms. The number of hydrogen-bond donors (Lipinski definition) is 2. The van der Waals surface area contributed by atoms with E-state index >= 15 is 0 Å². The summed E-state index contributed by atoms with van der Waals surface area (Å²) < 4.78 is 0. The second-order valence-corrected chi connectivity index (χ2v) is 4.60. The SMILES string of the molecule is Nc1cnc(C(=O)N2CCCC(CCO)C2)cn1. The fourth-order valence-electron chi connectivity index (χ4n) is 2.28. The Bertz CT molecular complexity index is 405. The van der Waals surface area contributed by atoms with Crippen molar-refractivity contribution in [1.29, 1.82) is 0 Å². The Balaban J connectivity index is 2.02. The maximum Gasteiger partial charge on any atom is 0.274 e. The van der Waals surface area contributed by atoms with E-state index in [0.717, 1.165) is 25.8 Å². The van der Waals surface area contributed by atoms with E-state index in [1.165, 1.54) is 12.4 Å². The highest BCUT2D eigenvalue weighted by atomic mass is 16.3.